The summed E-state index contributed by atoms with van der Waals surface area (Å²) in [5, 5.41) is 8.58. The average Bonchev–Trinajstić information content (AvgIpc) is 2.21. The number of hydrogen-bond acceptors (Lipinski definition) is 3. The number of carbonyl (C=O) groups is 1. The molecule has 17 heavy (non-hydrogen) atoms. The second-order valence-electron chi connectivity index (χ2n) is 3.26. The molecule has 0 fully saturated rings. The lowest BCUT2D eigenvalue weighted by Crippen LogP contribution is -2.38. The van der Waals surface area contributed by atoms with E-state index in [0.29, 0.717) is 0 Å². The van der Waals surface area contributed by atoms with Gasteiger partial charge in [0.25, 0.3) is 0 Å². The molecule has 0 saturated heterocycles. The van der Waals surface area contributed by atoms with Crippen LogP contribution in [0.25, 0.3) is 0 Å². The van der Waals surface area contributed by atoms with E-state index in [9.17, 15) is 17.6 Å². The van der Waals surface area contributed by atoms with Gasteiger partial charge < -0.3 is 5.11 Å². The van der Waals surface area contributed by atoms with E-state index in [1.807, 2.05) is 4.72 Å². The van der Waals surface area contributed by atoms with Crippen LogP contribution < -0.4 is 4.72 Å². The van der Waals surface area contributed by atoms with Crippen molar-refractivity contribution in [3.8, 4) is 0 Å². The van der Waals surface area contributed by atoms with Gasteiger partial charge in [-0.05, 0) is 41.1 Å². The van der Waals surface area contributed by atoms with Gasteiger partial charge in [0, 0.05) is 0 Å². The largest absolute Gasteiger partial charge is 0.480 e. The van der Waals surface area contributed by atoms with Crippen molar-refractivity contribution in [2.75, 3.05) is 0 Å². The summed E-state index contributed by atoms with van der Waals surface area (Å²) in [4.78, 5) is 10.2. The minimum atomic E-state index is -4.04. The van der Waals surface area contributed by atoms with Crippen molar-refractivity contribution >= 4 is 31.9 Å². The smallest absolute Gasteiger partial charge is 0.321 e. The number of sulfonamides is 1. The summed E-state index contributed by atoms with van der Waals surface area (Å²) >= 11 is 2.89. The molecule has 0 radical (unpaired) electrons. The highest BCUT2D eigenvalue weighted by molar-refractivity contribution is 9.10. The van der Waals surface area contributed by atoms with E-state index >= 15 is 0 Å². The third-order valence-electron chi connectivity index (χ3n) is 1.90. The first kappa shape index (κ1) is 14.1. The molecule has 0 saturated carbocycles. The number of benzene rings is 1. The van der Waals surface area contributed by atoms with Crippen LogP contribution in [0, 0.1) is 5.82 Å². The molecule has 0 aliphatic rings. The Bertz CT molecular complexity index is 546. The Hall–Kier alpha value is -0.990. The Morgan fingerprint density at radius 3 is 2.59 bits per heavy atom. The van der Waals surface area contributed by atoms with Crippen molar-refractivity contribution in [2.45, 2.75) is 17.9 Å². The van der Waals surface area contributed by atoms with Crippen LogP contribution >= 0.6 is 15.9 Å². The van der Waals surface area contributed by atoms with E-state index in [1.165, 1.54) is 19.1 Å². The van der Waals surface area contributed by atoms with E-state index in [-0.39, 0.29) is 9.37 Å². The zero-order valence-corrected chi connectivity index (χ0v) is 11.0. The van der Waals surface area contributed by atoms with Crippen LogP contribution in [0.2, 0.25) is 0 Å². The lowest BCUT2D eigenvalue weighted by atomic mass is 10.3. The van der Waals surface area contributed by atoms with Gasteiger partial charge in [0.2, 0.25) is 10.0 Å². The Kier molecular flexibility index (Phi) is 4.23. The molecule has 0 aliphatic carbocycles. The summed E-state index contributed by atoms with van der Waals surface area (Å²) in [5.74, 6) is -2.05. The van der Waals surface area contributed by atoms with E-state index in [1.54, 1.807) is 0 Å². The highest BCUT2D eigenvalue weighted by Crippen LogP contribution is 2.19. The molecule has 2 N–H and O–H groups in total. The van der Waals surface area contributed by atoms with Crippen LogP contribution in [0.1, 0.15) is 6.92 Å². The lowest BCUT2D eigenvalue weighted by molar-refractivity contribution is -0.138. The molecule has 0 aromatic heterocycles. The highest BCUT2D eigenvalue weighted by atomic mass is 79.9. The first-order chi connectivity index (χ1) is 7.74. The standard InChI is InChI=1S/C9H9BrFNO4S/c1-5(9(13)14)12-17(15,16)6-2-3-7(10)8(11)4-6/h2-5,12H,1H3,(H,13,14)/t5-/m0/s1. The van der Waals surface area contributed by atoms with Crippen molar-refractivity contribution in [1.29, 1.82) is 0 Å². The number of halogens is 2. The average molecular weight is 326 g/mol. The molecule has 0 spiro atoms. The van der Waals surface area contributed by atoms with Crippen LogP contribution in [0.5, 0.6) is 0 Å². The minimum absolute atomic E-state index is 0.128. The molecule has 8 heteroatoms. The van der Waals surface area contributed by atoms with E-state index in [2.05, 4.69) is 15.9 Å². The van der Waals surface area contributed by atoms with Gasteiger partial charge in [-0.15, -0.1) is 0 Å². The molecule has 0 amide bonds. The zero-order chi connectivity index (χ0) is 13.2. The maximum atomic E-state index is 13.2. The quantitative estimate of drug-likeness (QED) is 0.875. The molecule has 1 aromatic rings. The molecule has 1 atom stereocenters. The predicted molar refractivity (Wildman–Crippen MR) is 61.5 cm³/mol. The second-order valence-corrected chi connectivity index (χ2v) is 5.83. The number of nitrogens with one attached hydrogen (secondary N) is 1. The summed E-state index contributed by atoms with van der Waals surface area (Å²) in [6.45, 7) is 1.18. The van der Waals surface area contributed by atoms with Gasteiger partial charge in [-0.25, -0.2) is 12.8 Å². The normalized spacial score (nSPS) is 13.4. The van der Waals surface area contributed by atoms with Crippen molar-refractivity contribution in [2.24, 2.45) is 0 Å². The summed E-state index contributed by atoms with van der Waals surface area (Å²) < 4.78 is 38.5. The number of aliphatic carboxylic acids is 1. The van der Waals surface area contributed by atoms with Crippen molar-refractivity contribution in [1.82, 2.24) is 4.72 Å². The molecule has 0 unspecified atom stereocenters. The molecule has 0 aliphatic heterocycles. The Morgan fingerprint density at radius 2 is 2.12 bits per heavy atom. The van der Waals surface area contributed by atoms with Gasteiger partial charge in [-0.3, -0.25) is 4.79 Å². The molecule has 1 rings (SSSR count). The minimum Gasteiger partial charge on any atom is -0.480 e. The fourth-order valence-electron chi connectivity index (χ4n) is 0.995. The van der Waals surface area contributed by atoms with Crippen LogP contribution in [0.3, 0.4) is 0 Å². The zero-order valence-electron chi connectivity index (χ0n) is 8.65. The van der Waals surface area contributed by atoms with E-state index in [4.69, 9.17) is 5.11 Å². The molecular weight excluding hydrogens is 317 g/mol. The first-order valence-electron chi connectivity index (χ1n) is 4.44. The molecule has 5 nitrogen and oxygen atoms in total. The number of rotatable bonds is 4. The summed E-state index contributed by atoms with van der Waals surface area (Å²) in [5.41, 5.74) is 0. The second kappa shape index (κ2) is 5.11. The number of carboxylic acid groups (broad SMARTS) is 1. The molecule has 0 heterocycles. The predicted octanol–water partition coefficient (Wildman–Crippen LogP) is 1.34. The molecule has 94 valence electrons. The fraction of sp³-hybridized carbons (Fsp3) is 0.222. The SMILES string of the molecule is C[C@H](NS(=O)(=O)c1ccc(Br)c(F)c1)C(=O)O. The molecular formula is C9H9BrFNO4S. The van der Waals surface area contributed by atoms with Gasteiger partial charge in [-0.1, -0.05) is 0 Å². The monoisotopic (exact) mass is 325 g/mol. The summed E-state index contributed by atoms with van der Waals surface area (Å²) in [7, 11) is -4.04. The Balaban J connectivity index is 3.05. The van der Waals surface area contributed by atoms with E-state index < -0.39 is 27.9 Å². The van der Waals surface area contributed by atoms with Crippen LogP contribution in [0.4, 0.5) is 4.39 Å². The van der Waals surface area contributed by atoms with Gasteiger partial charge in [0.15, 0.2) is 0 Å². The van der Waals surface area contributed by atoms with Gasteiger partial charge in [0.05, 0.1) is 9.37 Å². The highest BCUT2D eigenvalue weighted by Gasteiger charge is 2.22. The van der Waals surface area contributed by atoms with Gasteiger partial charge >= 0.3 is 5.97 Å². The lowest BCUT2D eigenvalue weighted by Gasteiger charge is -2.10. The Morgan fingerprint density at radius 1 is 1.53 bits per heavy atom. The van der Waals surface area contributed by atoms with Gasteiger partial charge in [-0.2, -0.15) is 4.72 Å². The van der Waals surface area contributed by atoms with Crippen LogP contribution in [-0.2, 0) is 14.8 Å². The Labute approximate surface area is 106 Å². The summed E-state index contributed by atoms with van der Waals surface area (Å²) in [6, 6.07) is 1.92. The number of hydrogen-bond donors (Lipinski definition) is 2. The third-order valence-corrected chi connectivity index (χ3v) is 4.09. The maximum Gasteiger partial charge on any atom is 0.321 e. The topological polar surface area (TPSA) is 83.5 Å². The maximum absolute atomic E-state index is 13.2. The first-order valence-corrected chi connectivity index (χ1v) is 6.72. The van der Waals surface area contributed by atoms with Crippen molar-refractivity contribution in [3.63, 3.8) is 0 Å². The van der Waals surface area contributed by atoms with Crippen LogP contribution in [0.15, 0.2) is 27.6 Å². The fourth-order valence-corrected chi connectivity index (χ4v) is 2.45. The van der Waals surface area contributed by atoms with Gasteiger partial charge in [0.1, 0.15) is 11.9 Å². The molecule has 0 bridgehead atoms. The number of carboxylic acids is 1. The third kappa shape index (κ3) is 3.48. The summed E-state index contributed by atoms with van der Waals surface area (Å²) in [6.07, 6.45) is 0. The van der Waals surface area contributed by atoms with Crippen LogP contribution in [-0.4, -0.2) is 25.5 Å². The van der Waals surface area contributed by atoms with Crippen molar-refractivity contribution in [3.05, 3.63) is 28.5 Å². The molecule has 1 aromatic carbocycles. The van der Waals surface area contributed by atoms with Crippen molar-refractivity contribution < 1.29 is 22.7 Å². The van der Waals surface area contributed by atoms with E-state index in [0.717, 1.165) is 6.07 Å².